The Labute approximate surface area is 147 Å². The van der Waals surface area contributed by atoms with Gasteiger partial charge < -0.3 is 14.3 Å². The molecule has 0 unspecified atom stereocenters. The molecule has 0 aliphatic rings. The number of carbonyl (C=O) groups excluding carboxylic acids is 2. The Morgan fingerprint density at radius 2 is 2.00 bits per heavy atom. The van der Waals surface area contributed by atoms with E-state index < -0.39 is 11.7 Å². The molecule has 0 spiro atoms. The van der Waals surface area contributed by atoms with Crippen molar-refractivity contribution in [3.05, 3.63) is 70.2 Å². The maximum absolute atomic E-state index is 12.5. The van der Waals surface area contributed by atoms with E-state index in [1.807, 2.05) is 0 Å². The molecule has 7 heteroatoms. The molecule has 0 amide bonds. The maximum Gasteiger partial charge on any atom is 0.420 e. The number of methoxy groups -OCH3 is 1. The fourth-order valence-corrected chi connectivity index (χ4v) is 2.51. The number of ketones is 1. The average Bonchev–Trinajstić information content (AvgIpc) is 2.95. The van der Waals surface area contributed by atoms with Crippen molar-refractivity contribution in [3.63, 3.8) is 0 Å². The van der Waals surface area contributed by atoms with Crippen LogP contribution in [0.25, 0.3) is 17.2 Å². The van der Waals surface area contributed by atoms with Crippen molar-refractivity contribution in [2.24, 2.45) is 0 Å². The van der Waals surface area contributed by atoms with Crippen LogP contribution in [0, 0.1) is 0 Å². The summed E-state index contributed by atoms with van der Waals surface area (Å²) in [5, 5.41) is 9.45. The smallest absolute Gasteiger partial charge is 0.420 e. The topological polar surface area (TPSA) is 98.7 Å². The third-order valence-corrected chi connectivity index (χ3v) is 3.77. The highest BCUT2D eigenvalue weighted by Gasteiger charge is 2.17. The van der Waals surface area contributed by atoms with Crippen LogP contribution in [0.1, 0.15) is 15.9 Å². The van der Waals surface area contributed by atoms with E-state index in [2.05, 4.69) is 4.74 Å². The minimum Gasteiger partial charge on any atom is -0.508 e. The Morgan fingerprint density at radius 3 is 2.73 bits per heavy atom. The summed E-state index contributed by atoms with van der Waals surface area (Å²) >= 11 is 0. The molecule has 0 fully saturated rings. The van der Waals surface area contributed by atoms with E-state index in [0.717, 1.165) is 4.57 Å². The highest BCUT2D eigenvalue weighted by atomic mass is 16.5. The highest BCUT2D eigenvalue weighted by molar-refractivity contribution is 6.13. The summed E-state index contributed by atoms with van der Waals surface area (Å²) in [7, 11) is 1.22. The van der Waals surface area contributed by atoms with Crippen molar-refractivity contribution in [3.8, 4) is 5.75 Å². The fourth-order valence-electron chi connectivity index (χ4n) is 2.51. The third kappa shape index (κ3) is 3.41. The molecule has 3 rings (SSSR count). The normalized spacial score (nSPS) is 11.1. The second kappa shape index (κ2) is 7.10. The van der Waals surface area contributed by atoms with Gasteiger partial charge in [-0.3, -0.25) is 14.2 Å². The molecule has 0 saturated carbocycles. The lowest BCUT2D eigenvalue weighted by molar-refractivity contribution is -0.141. The lowest BCUT2D eigenvalue weighted by Gasteiger charge is -2.01. The predicted molar refractivity (Wildman–Crippen MR) is 94.0 cm³/mol. The van der Waals surface area contributed by atoms with E-state index in [1.165, 1.54) is 31.4 Å². The van der Waals surface area contributed by atoms with Crippen LogP contribution in [0.15, 0.2) is 57.8 Å². The Hall–Kier alpha value is -3.61. The summed E-state index contributed by atoms with van der Waals surface area (Å²) < 4.78 is 10.8. The van der Waals surface area contributed by atoms with Crippen LogP contribution in [0.4, 0.5) is 0 Å². The van der Waals surface area contributed by atoms with E-state index in [1.54, 1.807) is 30.3 Å². The molecule has 2 aromatic carbocycles. The van der Waals surface area contributed by atoms with Crippen LogP contribution < -0.4 is 5.76 Å². The maximum atomic E-state index is 12.5. The number of benzene rings is 2. The van der Waals surface area contributed by atoms with Crippen molar-refractivity contribution < 1.29 is 23.8 Å². The minimum absolute atomic E-state index is 0.0904. The number of aromatic hydroxyl groups is 1. The van der Waals surface area contributed by atoms with E-state index >= 15 is 0 Å². The zero-order valence-corrected chi connectivity index (χ0v) is 13.8. The van der Waals surface area contributed by atoms with E-state index in [-0.39, 0.29) is 29.2 Å². The van der Waals surface area contributed by atoms with Gasteiger partial charge in [-0.2, -0.15) is 0 Å². The molecule has 0 aliphatic carbocycles. The number of nitrogens with zero attached hydrogens (tertiary/aromatic N) is 1. The molecular formula is C19H15NO6. The van der Waals surface area contributed by atoms with E-state index in [4.69, 9.17) is 4.42 Å². The number of fused-ring (bicyclic) bond motifs is 1. The predicted octanol–water partition coefficient (Wildman–Crippen LogP) is 2.37. The molecule has 7 nitrogen and oxygen atoms in total. The van der Waals surface area contributed by atoms with Gasteiger partial charge in [0.15, 0.2) is 11.4 Å². The second-order valence-electron chi connectivity index (χ2n) is 5.48. The van der Waals surface area contributed by atoms with Crippen molar-refractivity contribution in [1.82, 2.24) is 4.57 Å². The SMILES string of the molecule is COC(=O)Cn1c(=O)oc2c(C(=O)/C=C/c3cccc(O)c3)cccc21. The summed E-state index contributed by atoms with van der Waals surface area (Å²) in [6.45, 7) is -0.306. The minimum atomic E-state index is -0.748. The zero-order valence-electron chi connectivity index (χ0n) is 13.8. The number of rotatable bonds is 5. The number of phenolic OH excluding ortho intramolecular Hbond substituents is 1. The van der Waals surface area contributed by atoms with Gasteiger partial charge >= 0.3 is 11.7 Å². The summed E-state index contributed by atoms with van der Waals surface area (Å²) in [6.07, 6.45) is 2.87. The van der Waals surface area contributed by atoms with Crippen LogP contribution in [0.3, 0.4) is 0 Å². The highest BCUT2D eigenvalue weighted by Crippen LogP contribution is 2.20. The van der Waals surface area contributed by atoms with E-state index in [0.29, 0.717) is 11.1 Å². The molecule has 0 radical (unpaired) electrons. The summed E-state index contributed by atoms with van der Waals surface area (Å²) in [5.74, 6) is -1.64. The van der Waals surface area contributed by atoms with Crippen molar-refractivity contribution in [1.29, 1.82) is 0 Å². The first-order valence-corrected chi connectivity index (χ1v) is 7.70. The van der Waals surface area contributed by atoms with E-state index in [9.17, 15) is 19.5 Å². The lowest BCUT2D eigenvalue weighted by Crippen LogP contribution is -2.20. The Balaban J connectivity index is 1.97. The number of hydrogen-bond donors (Lipinski definition) is 1. The van der Waals surface area contributed by atoms with Gasteiger partial charge in [-0.05, 0) is 35.9 Å². The first-order valence-electron chi connectivity index (χ1n) is 7.70. The molecule has 1 N–H and O–H groups in total. The number of esters is 1. The lowest BCUT2D eigenvalue weighted by atomic mass is 10.1. The van der Waals surface area contributed by atoms with Gasteiger partial charge in [-0.15, -0.1) is 0 Å². The van der Waals surface area contributed by atoms with Crippen LogP contribution >= 0.6 is 0 Å². The third-order valence-electron chi connectivity index (χ3n) is 3.77. The molecule has 1 heterocycles. The number of oxazole rings is 1. The van der Waals surface area contributed by atoms with Gasteiger partial charge in [-0.25, -0.2) is 4.79 Å². The van der Waals surface area contributed by atoms with Gasteiger partial charge in [0, 0.05) is 0 Å². The standard InChI is InChI=1S/C19H15NO6/c1-25-17(23)11-20-15-7-3-6-14(18(15)26-19(20)24)16(22)9-8-12-4-2-5-13(21)10-12/h2-10,21H,11H2,1H3/b9-8+. The number of para-hydroxylation sites is 1. The van der Waals surface area contributed by atoms with Gasteiger partial charge in [0.2, 0.25) is 0 Å². The molecule has 26 heavy (non-hydrogen) atoms. The van der Waals surface area contributed by atoms with Crippen LogP contribution in [-0.2, 0) is 16.1 Å². The average molecular weight is 353 g/mol. The quantitative estimate of drug-likeness (QED) is 0.429. The van der Waals surface area contributed by atoms with Gasteiger partial charge in [0.1, 0.15) is 12.3 Å². The molecule has 0 saturated heterocycles. The number of phenols is 1. The number of hydrogen-bond acceptors (Lipinski definition) is 6. The van der Waals surface area contributed by atoms with Gasteiger partial charge in [-0.1, -0.05) is 24.3 Å². The summed E-state index contributed by atoms with van der Waals surface area (Å²) in [4.78, 5) is 36.0. The Kier molecular flexibility index (Phi) is 4.70. The summed E-state index contributed by atoms with van der Waals surface area (Å²) in [5.41, 5.74) is 1.28. The second-order valence-corrected chi connectivity index (χ2v) is 5.48. The molecule has 3 aromatic rings. The fraction of sp³-hybridized carbons (Fsp3) is 0.105. The Bertz CT molecular complexity index is 1070. The largest absolute Gasteiger partial charge is 0.508 e. The zero-order chi connectivity index (χ0) is 18.7. The molecular weight excluding hydrogens is 338 g/mol. The van der Waals surface area contributed by atoms with Crippen molar-refractivity contribution in [2.45, 2.75) is 6.54 Å². The van der Waals surface area contributed by atoms with Crippen molar-refractivity contribution in [2.75, 3.05) is 7.11 Å². The molecule has 0 atom stereocenters. The molecule has 0 aliphatic heterocycles. The number of aromatic nitrogens is 1. The van der Waals surface area contributed by atoms with Gasteiger partial charge in [0.05, 0.1) is 18.2 Å². The number of ether oxygens (including phenoxy) is 1. The first-order chi connectivity index (χ1) is 12.5. The molecule has 1 aromatic heterocycles. The number of carbonyl (C=O) groups is 2. The van der Waals surface area contributed by atoms with Crippen LogP contribution in [0.2, 0.25) is 0 Å². The molecule has 0 bridgehead atoms. The van der Waals surface area contributed by atoms with Crippen LogP contribution in [0.5, 0.6) is 5.75 Å². The first kappa shape index (κ1) is 17.2. The van der Waals surface area contributed by atoms with Crippen LogP contribution in [-0.4, -0.2) is 28.5 Å². The Morgan fingerprint density at radius 1 is 1.23 bits per heavy atom. The summed E-state index contributed by atoms with van der Waals surface area (Å²) in [6, 6.07) is 11.1. The number of allylic oxidation sites excluding steroid dienone is 1. The van der Waals surface area contributed by atoms with Gasteiger partial charge in [0.25, 0.3) is 0 Å². The monoisotopic (exact) mass is 353 g/mol. The molecule has 132 valence electrons. The van der Waals surface area contributed by atoms with Crippen molar-refractivity contribution >= 4 is 28.9 Å².